The number of hydrogen-bond donors (Lipinski definition) is 7. The Morgan fingerprint density at radius 3 is 2.21 bits per heavy atom. The molecule has 0 spiro atoms. The maximum Gasteiger partial charge on any atom is 0.490 e. The van der Waals surface area contributed by atoms with Crippen molar-refractivity contribution in [2.24, 2.45) is 0 Å². The Balaban J connectivity index is 2.17. The Hall–Kier alpha value is -0.820. The molecule has 8 N–H and O–H groups in total. The maximum absolute atomic E-state index is 13.1. The molecule has 2 rings (SSSR count). The van der Waals surface area contributed by atoms with Crippen molar-refractivity contribution in [3.8, 4) is 0 Å². The van der Waals surface area contributed by atoms with E-state index in [-0.39, 0.29) is 0 Å². The number of aliphatic hydroxyl groups excluding tert-OH is 2. The number of ether oxygens (including phenoxy) is 1. The number of alkyl halides is 3. The molecule has 1 aliphatic rings. The molecule has 33 heavy (non-hydrogen) atoms. The highest BCUT2D eigenvalue weighted by Crippen LogP contribution is 2.66. The molecule has 0 aliphatic carbocycles. The molecule has 0 saturated carbocycles. The van der Waals surface area contributed by atoms with Gasteiger partial charge in [0.1, 0.15) is 29.7 Å². The van der Waals surface area contributed by atoms with Crippen molar-refractivity contribution >= 4 is 41.5 Å². The largest absolute Gasteiger partial charge is 0.490 e. The van der Waals surface area contributed by atoms with Crippen LogP contribution in [0.5, 0.6) is 0 Å². The molecule has 2 heterocycles. The van der Waals surface area contributed by atoms with Crippen LogP contribution in [0, 0.1) is 4.77 Å². The molecular weight excluding hydrogens is 552 g/mol. The van der Waals surface area contributed by atoms with E-state index in [9.17, 15) is 42.0 Å². The quantitative estimate of drug-likeness (QED) is 0.163. The highest BCUT2D eigenvalue weighted by molar-refractivity contribution is 7.71. The zero-order valence-electron chi connectivity index (χ0n) is 15.5. The van der Waals surface area contributed by atoms with E-state index in [1.54, 1.807) is 0 Å². The van der Waals surface area contributed by atoms with E-state index in [1.165, 1.54) is 0 Å². The Morgan fingerprint density at radius 2 is 1.70 bits per heavy atom. The van der Waals surface area contributed by atoms with Gasteiger partial charge < -0.3 is 40.3 Å². The number of hydrogen-bond acceptors (Lipinski definition) is 12. The molecule has 0 aromatic carbocycles. The molecule has 1 aliphatic heterocycles. The lowest BCUT2D eigenvalue weighted by atomic mass is 10.1. The number of anilines is 1. The van der Waals surface area contributed by atoms with Crippen molar-refractivity contribution in [1.82, 2.24) is 9.55 Å². The van der Waals surface area contributed by atoms with Gasteiger partial charge in [-0.25, -0.2) is 18.7 Å². The van der Waals surface area contributed by atoms with Crippen molar-refractivity contribution in [3.05, 3.63) is 16.5 Å². The summed E-state index contributed by atoms with van der Waals surface area (Å²) in [5, 5.41) is 20.2. The van der Waals surface area contributed by atoms with Gasteiger partial charge in [0.05, 0.1) is 6.61 Å². The number of aromatic nitrogens is 2. The van der Waals surface area contributed by atoms with Crippen LogP contribution in [-0.4, -0.2) is 64.3 Å². The highest BCUT2D eigenvalue weighted by Gasteiger charge is 2.47. The van der Waals surface area contributed by atoms with Crippen LogP contribution < -0.4 is 5.73 Å². The smallest absolute Gasteiger partial charge is 0.387 e. The lowest BCUT2D eigenvalue weighted by Crippen LogP contribution is -2.34. The van der Waals surface area contributed by atoms with Crippen LogP contribution in [0.25, 0.3) is 0 Å². The van der Waals surface area contributed by atoms with Gasteiger partial charge in [0, 0.05) is 6.20 Å². The lowest BCUT2D eigenvalue weighted by molar-refractivity contribution is -0.138. The zero-order chi connectivity index (χ0) is 25.6. The van der Waals surface area contributed by atoms with Crippen molar-refractivity contribution in [2.45, 2.75) is 30.7 Å². The van der Waals surface area contributed by atoms with Crippen molar-refractivity contribution < 1.29 is 74.5 Å². The molecule has 16 nitrogen and oxygen atoms in total. The van der Waals surface area contributed by atoms with Gasteiger partial charge in [0.25, 0.3) is 0 Å². The van der Waals surface area contributed by atoms with Gasteiger partial charge in [-0.1, -0.05) is 0 Å². The summed E-state index contributed by atoms with van der Waals surface area (Å²) in [6.45, 7) is -1.18. The Bertz CT molecular complexity index is 1100. The monoisotopic (exact) mass is 567 g/mol. The molecule has 6 atom stereocenters. The van der Waals surface area contributed by atoms with E-state index < -0.39 is 76.9 Å². The fraction of sp³-hybridized carbons (Fsp3) is 0.600. The third kappa shape index (κ3) is 7.58. The van der Waals surface area contributed by atoms with Crippen LogP contribution in [0.3, 0.4) is 0 Å². The van der Waals surface area contributed by atoms with Crippen molar-refractivity contribution in [1.29, 1.82) is 0 Å². The first-order valence-corrected chi connectivity index (χ1v) is 12.9. The van der Waals surface area contributed by atoms with Gasteiger partial charge in [0.2, 0.25) is 4.77 Å². The molecular formula is C10H15F3N3O13P3S. The third-order valence-corrected chi connectivity index (χ3v) is 7.82. The van der Waals surface area contributed by atoms with E-state index in [2.05, 4.69) is 18.1 Å². The fourth-order valence-electron chi connectivity index (χ4n) is 2.45. The summed E-state index contributed by atoms with van der Waals surface area (Å²) in [6.07, 6.45) is -12.1. The Labute approximate surface area is 185 Å². The van der Waals surface area contributed by atoms with Crippen molar-refractivity contribution in [2.75, 3.05) is 12.3 Å². The molecule has 0 radical (unpaired) electrons. The molecule has 190 valence electrons. The molecule has 1 fully saturated rings. The maximum atomic E-state index is 13.1. The summed E-state index contributed by atoms with van der Waals surface area (Å²) >= 11 is 4.78. The number of phosphoric acid groups is 3. The van der Waals surface area contributed by atoms with E-state index in [4.69, 9.17) is 37.4 Å². The second-order valence-corrected chi connectivity index (χ2v) is 10.9. The summed E-state index contributed by atoms with van der Waals surface area (Å²) < 4.78 is 89.1. The number of phosphoric ester groups is 1. The van der Waals surface area contributed by atoms with Gasteiger partial charge in [-0.2, -0.15) is 21.8 Å². The first kappa shape index (κ1) is 28.4. The molecule has 23 heteroatoms. The standard InChI is InChI=1S/C10H15F3N3O13P3S/c11-10(12,13)3-1-16(9(33)15-7(3)14)8-6(18)5(17)4(27-8)2-26-31(22,23)29-32(24,25)28-30(19,20)21/h1,4-6,8,17-18H,2H2,(H,22,23)(H,24,25)(H2,14,15,33)(H2,19,20,21)/t4-,5?,6+,8-/m1/s1. The molecule has 1 aromatic heterocycles. The van der Waals surface area contributed by atoms with Gasteiger partial charge in [-0.05, 0) is 12.2 Å². The van der Waals surface area contributed by atoms with Crippen LogP contribution in [0.4, 0.5) is 19.0 Å². The lowest BCUT2D eigenvalue weighted by Gasteiger charge is -2.21. The molecule has 1 aromatic rings. The van der Waals surface area contributed by atoms with Crippen LogP contribution in [0.2, 0.25) is 0 Å². The predicted molar refractivity (Wildman–Crippen MR) is 98.2 cm³/mol. The van der Waals surface area contributed by atoms with Crippen LogP contribution in [-0.2, 0) is 37.8 Å². The highest BCUT2D eigenvalue weighted by atomic mass is 32.1. The minimum Gasteiger partial charge on any atom is -0.387 e. The van der Waals surface area contributed by atoms with Crippen molar-refractivity contribution in [3.63, 3.8) is 0 Å². The molecule has 3 unspecified atom stereocenters. The molecule has 1 saturated heterocycles. The second-order valence-electron chi connectivity index (χ2n) is 6.16. The fourth-order valence-corrected chi connectivity index (χ4v) is 5.73. The number of nitrogen functional groups attached to an aromatic ring is 1. The number of nitrogens with zero attached hydrogens (tertiary/aromatic N) is 2. The number of halogens is 3. The average molecular weight is 567 g/mol. The molecule has 0 amide bonds. The SMILES string of the molecule is Nc1nc(=S)n([C@@H]2O[C@H](COP(=O)(O)OP(=O)(O)OP(=O)(O)O)C(O)[C@@H]2O)cc1C(F)(F)F. The topological polar surface area (TPSA) is 253 Å². The first-order chi connectivity index (χ1) is 14.7. The van der Waals surface area contributed by atoms with E-state index in [0.717, 1.165) is 0 Å². The third-order valence-electron chi connectivity index (χ3n) is 3.72. The number of nitrogens with two attached hydrogens (primary N) is 1. The Morgan fingerprint density at radius 1 is 1.12 bits per heavy atom. The Kier molecular flexibility index (Phi) is 8.33. The van der Waals surface area contributed by atoms with Gasteiger partial charge in [0.15, 0.2) is 6.23 Å². The van der Waals surface area contributed by atoms with Crippen LogP contribution in [0.15, 0.2) is 6.20 Å². The minimum absolute atomic E-state index is 0.357. The van der Waals surface area contributed by atoms with Gasteiger partial charge in [-0.15, -0.1) is 0 Å². The van der Waals surface area contributed by atoms with E-state index in [0.29, 0.717) is 10.8 Å². The minimum atomic E-state index is -5.82. The van der Waals surface area contributed by atoms with Crippen LogP contribution in [0.1, 0.15) is 11.8 Å². The number of aliphatic hydroxyl groups is 2. The summed E-state index contributed by atoms with van der Waals surface area (Å²) in [4.78, 5) is 38.7. The van der Waals surface area contributed by atoms with Crippen LogP contribution >= 0.6 is 35.7 Å². The van der Waals surface area contributed by atoms with E-state index in [1.807, 2.05) is 0 Å². The van der Waals surface area contributed by atoms with E-state index >= 15 is 0 Å². The molecule has 0 bridgehead atoms. The second kappa shape index (κ2) is 9.67. The average Bonchev–Trinajstić information content (AvgIpc) is 2.84. The van der Waals surface area contributed by atoms with Gasteiger partial charge >= 0.3 is 29.6 Å². The van der Waals surface area contributed by atoms with Gasteiger partial charge in [-0.3, -0.25) is 9.09 Å². The normalized spacial score (nSPS) is 27.8. The summed E-state index contributed by atoms with van der Waals surface area (Å²) in [6, 6.07) is 0. The summed E-state index contributed by atoms with van der Waals surface area (Å²) in [5.41, 5.74) is 3.74. The summed E-state index contributed by atoms with van der Waals surface area (Å²) in [5.74, 6) is -0.971. The zero-order valence-corrected chi connectivity index (χ0v) is 19.0. The number of rotatable bonds is 8. The summed E-state index contributed by atoms with van der Waals surface area (Å²) in [7, 11) is -17.0. The first-order valence-electron chi connectivity index (χ1n) is 7.98. The predicted octanol–water partition coefficient (Wildman–Crippen LogP) is 0.176.